The van der Waals surface area contributed by atoms with E-state index in [1.807, 2.05) is 74.4 Å². The van der Waals surface area contributed by atoms with Crippen molar-refractivity contribution in [2.75, 3.05) is 38.0 Å². The van der Waals surface area contributed by atoms with Crippen LogP contribution in [-0.4, -0.2) is 28.2 Å². The van der Waals surface area contributed by atoms with Crippen molar-refractivity contribution < 1.29 is 9.05 Å². The Balaban J connectivity index is 2.29. The van der Waals surface area contributed by atoms with Gasteiger partial charge in [-0.2, -0.15) is 0 Å². The van der Waals surface area contributed by atoms with Gasteiger partial charge in [0.25, 0.3) is 0 Å². The zero-order valence-corrected chi connectivity index (χ0v) is 16.2. The van der Waals surface area contributed by atoms with Crippen molar-refractivity contribution in [2.45, 2.75) is 0 Å². The molecule has 0 saturated heterocycles. The Bertz CT molecular complexity index is 779. The van der Waals surface area contributed by atoms with Crippen LogP contribution in [0.4, 0.5) is 11.4 Å². The van der Waals surface area contributed by atoms with Crippen LogP contribution < -0.4 is 18.8 Å². The molecule has 0 atom stereocenters. The van der Waals surface area contributed by atoms with Crippen LogP contribution >= 0.6 is 6.64 Å². The average molecular weight is 377 g/mol. The van der Waals surface area contributed by atoms with Crippen molar-refractivity contribution in [3.8, 4) is 11.5 Å². The maximum Gasteiger partial charge on any atom is 0.379 e. The number of benzene rings is 2. The number of rotatable bonds is 7. The summed E-state index contributed by atoms with van der Waals surface area (Å²) < 4.78 is 11.6. The lowest BCUT2D eigenvalue weighted by molar-refractivity contribution is 0.487. The van der Waals surface area contributed by atoms with E-state index >= 15 is 0 Å². The van der Waals surface area contributed by atoms with Crippen LogP contribution in [0.2, 0.25) is 0 Å². The molecule has 7 nitrogen and oxygen atoms in total. The molecule has 0 aromatic heterocycles. The Kier molecular flexibility index (Phi) is 6.15. The SMILES string of the molecule is CN(C)c1cccc(OP(=S)(N=[N+]=[N-])Oc2cccc(N(C)C)c2)c1. The first-order valence-electron chi connectivity index (χ1n) is 7.43. The fraction of sp³-hybridized carbons (Fsp3) is 0.250. The van der Waals surface area contributed by atoms with Gasteiger partial charge in [-0.15, -0.1) is 0 Å². The number of hydrogen-bond acceptors (Lipinski definition) is 5. The van der Waals surface area contributed by atoms with Crippen LogP contribution in [-0.2, 0) is 11.8 Å². The Morgan fingerprint density at radius 1 is 0.920 bits per heavy atom. The Morgan fingerprint density at radius 2 is 1.36 bits per heavy atom. The fourth-order valence-electron chi connectivity index (χ4n) is 2.01. The fourth-order valence-corrected chi connectivity index (χ4v) is 3.59. The summed E-state index contributed by atoms with van der Waals surface area (Å²) in [6.45, 7) is -3.26. The van der Waals surface area contributed by atoms with Crippen LogP contribution in [0, 0.1) is 0 Å². The smallest absolute Gasteiger partial charge is 0.379 e. The van der Waals surface area contributed by atoms with Gasteiger partial charge in [-0.25, -0.2) is 0 Å². The first-order chi connectivity index (χ1) is 11.8. The predicted octanol–water partition coefficient (Wildman–Crippen LogP) is 4.81. The second kappa shape index (κ2) is 8.12. The standard InChI is InChI=1S/C16H20N5O2PS/c1-20(2)13-7-5-9-15(11-13)22-24(25,19-18-17)23-16-10-6-8-14(12-16)21(3)4/h5-12H,1-4H3. The minimum Gasteiger partial charge on any atom is -0.431 e. The Morgan fingerprint density at radius 3 is 1.72 bits per heavy atom. The molecule has 0 fully saturated rings. The monoisotopic (exact) mass is 377 g/mol. The van der Waals surface area contributed by atoms with Crippen LogP contribution in [0.25, 0.3) is 10.4 Å². The van der Waals surface area contributed by atoms with E-state index in [0.717, 1.165) is 11.4 Å². The van der Waals surface area contributed by atoms with Gasteiger partial charge in [0.15, 0.2) is 0 Å². The minimum absolute atomic E-state index is 0.491. The van der Waals surface area contributed by atoms with Gasteiger partial charge in [0, 0.05) is 61.5 Å². The average Bonchev–Trinajstić information content (AvgIpc) is 2.55. The van der Waals surface area contributed by atoms with E-state index in [0.29, 0.717) is 11.5 Å². The lowest BCUT2D eigenvalue weighted by atomic mass is 10.3. The topological polar surface area (TPSA) is 73.7 Å². The van der Waals surface area contributed by atoms with Gasteiger partial charge in [-0.05, 0) is 41.6 Å². The minimum atomic E-state index is -3.26. The number of azide groups is 1. The molecule has 132 valence electrons. The highest BCUT2D eigenvalue weighted by Crippen LogP contribution is 2.51. The molecule has 0 heterocycles. The van der Waals surface area contributed by atoms with Crippen LogP contribution in [0.5, 0.6) is 11.5 Å². The Hall–Kier alpha value is -2.40. The molecule has 0 bridgehead atoms. The van der Waals surface area contributed by atoms with E-state index in [-0.39, 0.29) is 0 Å². The molecule has 25 heavy (non-hydrogen) atoms. The third-order valence-electron chi connectivity index (χ3n) is 3.26. The second-order valence-corrected chi connectivity index (χ2v) is 8.48. The zero-order valence-electron chi connectivity index (χ0n) is 14.5. The Labute approximate surface area is 152 Å². The van der Waals surface area contributed by atoms with Gasteiger partial charge in [0.2, 0.25) is 0 Å². The van der Waals surface area contributed by atoms with Crippen LogP contribution in [0.1, 0.15) is 0 Å². The van der Waals surface area contributed by atoms with E-state index in [1.165, 1.54) is 0 Å². The summed E-state index contributed by atoms with van der Waals surface area (Å²) in [6, 6.07) is 14.7. The number of nitrogens with zero attached hydrogens (tertiary/aromatic N) is 5. The van der Waals surface area contributed by atoms with Gasteiger partial charge in [-0.3, -0.25) is 0 Å². The maximum atomic E-state index is 8.89. The summed E-state index contributed by atoms with van der Waals surface area (Å²) in [7, 11) is 7.69. The van der Waals surface area contributed by atoms with Crippen molar-refractivity contribution in [3.05, 3.63) is 59.0 Å². The normalized spacial score (nSPS) is 10.6. The highest BCUT2D eigenvalue weighted by atomic mass is 32.5. The van der Waals surface area contributed by atoms with Gasteiger partial charge >= 0.3 is 6.64 Å². The zero-order chi connectivity index (χ0) is 18.4. The maximum absolute atomic E-state index is 8.89. The summed E-state index contributed by atoms with van der Waals surface area (Å²) in [5.74, 6) is 0.983. The summed E-state index contributed by atoms with van der Waals surface area (Å²) in [4.78, 5) is 10.3. The van der Waals surface area contributed by atoms with Crippen LogP contribution in [0.3, 0.4) is 0 Å². The lowest BCUT2D eigenvalue weighted by Crippen LogP contribution is -2.09. The third kappa shape index (κ3) is 5.29. The summed E-state index contributed by atoms with van der Waals surface area (Å²) in [6.07, 6.45) is 0. The van der Waals surface area contributed by atoms with Gasteiger partial charge in [0.1, 0.15) is 11.5 Å². The molecule has 0 aliphatic rings. The molecule has 0 radical (unpaired) electrons. The van der Waals surface area contributed by atoms with Gasteiger partial charge < -0.3 is 18.8 Å². The molecule has 0 aliphatic carbocycles. The van der Waals surface area contributed by atoms with E-state index in [4.69, 9.17) is 26.4 Å². The summed E-state index contributed by atoms with van der Waals surface area (Å²) in [5.41, 5.74) is 10.8. The molecular formula is C16H20N5O2PS. The quantitative estimate of drug-likeness (QED) is 0.300. The largest absolute Gasteiger partial charge is 0.431 e. The van der Waals surface area contributed by atoms with Crippen molar-refractivity contribution >= 4 is 29.8 Å². The molecule has 0 spiro atoms. The second-order valence-electron chi connectivity index (χ2n) is 5.61. The molecule has 2 rings (SSSR count). The number of anilines is 2. The molecule has 2 aromatic carbocycles. The highest BCUT2D eigenvalue weighted by Gasteiger charge is 2.21. The molecule has 0 aliphatic heterocycles. The summed E-state index contributed by atoms with van der Waals surface area (Å²) in [5, 5.41) is 0. The molecule has 9 heteroatoms. The molecule has 0 unspecified atom stereocenters. The molecule has 0 saturated carbocycles. The number of hydrogen-bond donors (Lipinski definition) is 0. The summed E-state index contributed by atoms with van der Waals surface area (Å²) >= 11 is 5.40. The van der Waals surface area contributed by atoms with E-state index < -0.39 is 6.64 Å². The van der Waals surface area contributed by atoms with Crippen molar-refractivity contribution in [1.29, 1.82) is 0 Å². The van der Waals surface area contributed by atoms with Crippen molar-refractivity contribution in [3.63, 3.8) is 0 Å². The third-order valence-corrected chi connectivity index (χ3v) is 5.11. The molecule has 0 N–H and O–H groups in total. The molecule has 2 aromatic rings. The van der Waals surface area contributed by atoms with E-state index in [1.54, 1.807) is 12.1 Å². The van der Waals surface area contributed by atoms with E-state index in [9.17, 15) is 0 Å². The van der Waals surface area contributed by atoms with Crippen molar-refractivity contribution in [2.24, 2.45) is 4.88 Å². The highest BCUT2D eigenvalue weighted by molar-refractivity contribution is 8.09. The van der Waals surface area contributed by atoms with Crippen molar-refractivity contribution in [1.82, 2.24) is 0 Å². The molecule has 0 amide bonds. The van der Waals surface area contributed by atoms with E-state index in [2.05, 4.69) is 9.80 Å². The predicted molar refractivity (Wildman–Crippen MR) is 106 cm³/mol. The van der Waals surface area contributed by atoms with Crippen LogP contribution in [0.15, 0.2) is 53.4 Å². The van der Waals surface area contributed by atoms with Gasteiger partial charge in [-0.1, -0.05) is 12.1 Å². The first kappa shape index (κ1) is 18.9. The first-order valence-corrected chi connectivity index (χ1v) is 10.0. The molecular weight excluding hydrogens is 357 g/mol. The van der Waals surface area contributed by atoms with Gasteiger partial charge in [0.05, 0.1) is 0 Å². The lowest BCUT2D eigenvalue weighted by Gasteiger charge is -2.21.